The molecule has 0 spiro atoms. The van der Waals surface area contributed by atoms with E-state index in [2.05, 4.69) is 10.3 Å². The number of benzene rings is 1. The van der Waals surface area contributed by atoms with Crippen molar-refractivity contribution in [2.24, 2.45) is 5.92 Å². The average Bonchev–Trinajstić information content (AvgIpc) is 3.38. The number of carbonyl (C=O) groups excluding carboxylic acids is 1. The number of methoxy groups -OCH3 is 2. The van der Waals surface area contributed by atoms with Crippen LogP contribution in [0.15, 0.2) is 24.3 Å². The van der Waals surface area contributed by atoms with Crippen molar-refractivity contribution in [2.75, 3.05) is 19.5 Å². The van der Waals surface area contributed by atoms with E-state index in [0.29, 0.717) is 0 Å². The standard InChI is InChI=1S/C20H24N2O3/c1-11-8-12(2)21-13(3)19(11)22-20(23)17-10-15(17)16-9-14(24-4)6-7-18(16)25-5/h6-9,15,17H,10H2,1-5H3,(H,22,23)/t15-,17-/m0/s1. The molecule has 0 radical (unpaired) electrons. The van der Waals surface area contributed by atoms with E-state index >= 15 is 0 Å². The molecule has 5 nitrogen and oxygen atoms in total. The number of carbonyl (C=O) groups is 1. The predicted octanol–water partition coefficient (Wildman–Crippen LogP) is 3.77. The Kier molecular flexibility index (Phi) is 4.66. The van der Waals surface area contributed by atoms with Crippen LogP contribution in [0.1, 0.15) is 34.9 Å². The molecule has 1 fully saturated rings. The van der Waals surface area contributed by atoms with Gasteiger partial charge in [-0.05, 0) is 57.0 Å². The molecule has 1 aliphatic rings. The molecule has 1 N–H and O–H groups in total. The van der Waals surface area contributed by atoms with Gasteiger partial charge in [-0.2, -0.15) is 0 Å². The molecule has 1 amide bonds. The van der Waals surface area contributed by atoms with Gasteiger partial charge in [0.25, 0.3) is 0 Å². The molecule has 2 aromatic rings. The summed E-state index contributed by atoms with van der Waals surface area (Å²) in [5, 5.41) is 3.06. The maximum Gasteiger partial charge on any atom is 0.228 e. The van der Waals surface area contributed by atoms with Crippen LogP contribution in [0.3, 0.4) is 0 Å². The van der Waals surface area contributed by atoms with Crippen molar-refractivity contribution >= 4 is 11.6 Å². The minimum Gasteiger partial charge on any atom is -0.497 e. The number of aromatic nitrogens is 1. The van der Waals surface area contributed by atoms with Gasteiger partial charge < -0.3 is 14.8 Å². The fourth-order valence-electron chi connectivity index (χ4n) is 3.39. The summed E-state index contributed by atoms with van der Waals surface area (Å²) < 4.78 is 10.7. The first-order valence-electron chi connectivity index (χ1n) is 8.42. The number of aryl methyl sites for hydroxylation is 3. The van der Waals surface area contributed by atoms with Crippen molar-refractivity contribution in [1.82, 2.24) is 4.98 Å². The van der Waals surface area contributed by atoms with Gasteiger partial charge in [-0.3, -0.25) is 9.78 Å². The van der Waals surface area contributed by atoms with Crippen LogP contribution in [0.5, 0.6) is 11.5 Å². The number of amides is 1. The van der Waals surface area contributed by atoms with Gasteiger partial charge in [-0.25, -0.2) is 0 Å². The van der Waals surface area contributed by atoms with Gasteiger partial charge in [0, 0.05) is 23.1 Å². The van der Waals surface area contributed by atoms with E-state index in [4.69, 9.17) is 9.47 Å². The maximum absolute atomic E-state index is 12.7. The third kappa shape index (κ3) is 3.45. The SMILES string of the molecule is COc1ccc(OC)c([C@@H]2C[C@@H]2C(=O)Nc2c(C)cc(C)nc2C)c1. The van der Waals surface area contributed by atoms with Crippen molar-refractivity contribution in [1.29, 1.82) is 0 Å². The molecular weight excluding hydrogens is 316 g/mol. The molecule has 1 heterocycles. The molecule has 5 heteroatoms. The fourth-order valence-corrected chi connectivity index (χ4v) is 3.39. The Morgan fingerprint density at radius 2 is 1.92 bits per heavy atom. The summed E-state index contributed by atoms with van der Waals surface area (Å²) in [6, 6.07) is 7.70. The summed E-state index contributed by atoms with van der Waals surface area (Å²) in [5.41, 5.74) is 4.69. The molecule has 25 heavy (non-hydrogen) atoms. The third-order valence-corrected chi connectivity index (χ3v) is 4.74. The smallest absolute Gasteiger partial charge is 0.228 e. The summed E-state index contributed by atoms with van der Waals surface area (Å²) in [7, 11) is 3.28. The van der Waals surface area contributed by atoms with Gasteiger partial charge in [-0.1, -0.05) is 0 Å². The molecule has 132 valence electrons. The fraction of sp³-hybridized carbons (Fsp3) is 0.400. The molecule has 0 bridgehead atoms. The maximum atomic E-state index is 12.7. The summed E-state index contributed by atoms with van der Waals surface area (Å²) in [4.78, 5) is 17.1. The Hall–Kier alpha value is -2.56. The third-order valence-electron chi connectivity index (χ3n) is 4.74. The van der Waals surface area contributed by atoms with Crippen LogP contribution in [-0.4, -0.2) is 25.1 Å². The van der Waals surface area contributed by atoms with Crippen molar-refractivity contribution in [3.8, 4) is 11.5 Å². The molecule has 0 aliphatic heterocycles. The Morgan fingerprint density at radius 1 is 1.16 bits per heavy atom. The van der Waals surface area contributed by atoms with Crippen LogP contribution in [0.25, 0.3) is 0 Å². The molecule has 0 saturated heterocycles. The van der Waals surface area contributed by atoms with Crippen LogP contribution in [-0.2, 0) is 4.79 Å². The first kappa shape index (κ1) is 17.3. The Bertz CT molecular complexity index is 794. The predicted molar refractivity (Wildman–Crippen MR) is 97.5 cm³/mol. The number of hydrogen-bond acceptors (Lipinski definition) is 4. The Balaban J connectivity index is 1.77. The van der Waals surface area contributed by atoms with E-state index in [0.717, 1.165) is 46.1 Å². The number of anilines is 1. The number of ether oxygens (including phenoxy) is 2. The van der Waals surface area contributed by atoms with E-state index in [-0.39, 0.29) is 17.7 Å². The number of rotatable bonds is 5. The number of hydrogen-bond donors (Lipinski definition) is 1. The highest BCUT2D eigenvalue weighted by atomic mass is 16.5. The Morgan fingerprint density at radius 3 is 2.56 bits per heavy atom. The zero-order valence-corrected chi connectivity index (χ0v) is 15.3. The van der Waals surface area contributed by atoms with Crippen molar-refractivity contribution < 1.29 is 14.3 Å². The van der Waals surface area contributed by atoms with E-state index in [1.165, 1.54) is 0 Å². The van der Waals surface area contributed by atoms with Crippen molar-refractivity contribution in [2.45, 2.75) is 33.1 Å². The number of nitrogens with one attached hydrogen (secondary N) is 1. The second kappa shape index (κ2) is 6.75. The van der Waals surface area contributed by atoms with Gasteiger partial charge >= 0.3 is 0 Å². The molecular formula is C20H24N2O3. The largest absolute Gasteiger partial charge is 0.497 e. The van der Waals surface area contributed by atoms with Crippen LogP contribution in [0.2, 0.25) is 0 Å². The molecule has 2 atom stereocenters. The van der Waals surface area contributed by atoms with Gasteiger partial charge in [-0.15, -0.1) is 0 Å². The minimum atomic E-state index is -0.0545. The molecule has 1 saturated carbocycles. The molecule has 1 aliphatic carbocycles. The highest BCUT2D eigenvalue weighted by Gasteiger charge is 2.45. The minimum absolute atomic E-state index is 0.0340. The van der Waals surface area contributed by atoms with Crippen molar-refractivity contribution in [3.05, 3.63) is 46.8 Å². The summed E-state index contributed by atoms with van der Waals surface area (Å²) >= 11 is 0. The van der Waals surface area contributed by atoms with Gasteiger partial charge in [0.1, 0.15) is 11.5 Å². The van der Waals surface area contributed by atoms with Crippen LogP contribution in [0, 0.1) is 26.7 Å². The van der Waals surface area contributed by atoms with Crippen molar-refractivity contribution in [3.63, 3.8) is 0 Å². The summed E-state index contributed by atoms with van der Waals surface area (Å²) in [6.45, 7) is 5.87. The zero-order chi connectivity index (χ0) is 18.1. The van der Waals surface area contributed by atoms with E-state index in [1.54, 1.807) is 14.2 Å². The first-order chi connectivity index (χ1) is 11.9. The Labute approximate surface area is 148 Å². The quantitative estimate of drug-likeness (QED) is 0.900. The average molecular weight is 340 g/mol. The van der Waals surface area contributed by atoms with E-state index in [1.807, 2.05) is 45.0 Å². The van der Waals surface area contributed by atoms with Crippen LogP contribution in [0.4, 0.5) is 5.69 Å². The molecule has 1 aromatic heterocycles. The van der Waals surface area contributed by atoms with Gasteiger partial charge in [0.2, 0.25) is 5.91 Å². The zero-order valence-electron chi connectivity index (χ0n) is 15.3. The van der Waals surface area contributed by atoms with Crippen LogP contribution < -0.4 is 14.8 Å². The highest BCUT2D eigenvalue weighted by molar-refractivity contribution is 5.96. The van der Waals surface area contributed by atoms with Crippen LogP contribution >= 0.6 is 0 Å². The summed E-state index contributed by atoms with van der Waals surface area (Å²) in [5.74, 6) is 1.71. The normalized spacial score (nSPS) is 18.6. The van der Waals surface area contributed by atoms with E-state index in [9.17, 15) is 4.79 Å². The van der Waals surface area contributed by atoms with Gasteiger partial charge in [0.15, 0.2) is 0 Å². The lowest BCUT2D eigenvalue weighted by Crippen LogP contribution is -2.17. The number of nitrogens with zero attached hydrogens (tertiary/aromatic N) is 1. The second-order valence-corrected chi connectivity index (χ2v) is 6.59. The molecule has 3 rings (SSSR count). The molecule has 0 unspecified atom stereocenters. The monoisotopic (exact) mass is 340 g/mol. The van der Waals surface area contributed by atoms with E-state index < -0.39 is 0 Å². The number of pyridine rings is 1. The lowest BCUT2D eigenvalue weighted by molar-refractivity contribution is -0.117. The molecule has 1 aromatic carbocycles. The lowest BCUT2D eigenvalue weighted by atomic mass is 10.1. The topological polar surface area (TPSA) is 60.5 Å². The van der Waals surface area contributed by atoms with Gasteiger partial charge in [0.05, 0.1) is 25.6 Å². The highest BCUT2D eigenvalue weighted by Crippen LogP contribution is 2.51. The lowest BCUT2D eigenvalue weighted by Gasteiger charge is -2.13. The first-order valence-corrected chi connectivity index (χ1v) is 8.42. The summed E-state index contributed by atoms with van der Waals surface area (Å²) in [6.07, 6.45) is 0.812. The second-order valence-electron chi connectivity index (χ2n) is 6.59.